The van der Waals surface area contributed by atoms with Gasteiger partial charge in [0.1, 0.15) is 9.85 Å². The quantitative estimate of drug-likeness (QED) is 0.259. The Bertz CT molecular complexity index is 249. The molecule has 0 aromatic heterocycles. The van der Waals surface area contributed by atoms with Crippen LogP contribution < -0.4 is 0 Å². The Balaban J connectivity index is 4.77. The van der Waals surface area contributed by atoms with Gasteiger partial charge in [-0.3, -0.25) is 25.0 Å². The number of aliphatic hydroxyl groups excluding tert-OH is 1. The van der Waals surface area contributed by atoms with Gasteiger partial charge >= 0.3 is 11.6 Å². The van der Waals surface area contributed by atoms with E-state index in [1.54, 1.807) is 0 Å². The molecule has 0 aliphatic carbocycles. The maximum absolute atomic E-state index is 10.3. The van der Waals surface area contributed by atoms with Crippen LogP contribution in [0.2, 0.25) is 0 Å². The number of esters is 1. The van der Waals surface area contributed by atoms with Gasteiger partial charge in [0.05, 0.1) is 0 Å². The van der Waals surface area contributed by atoms with E-state index < -0.39 is 34.7 Å². The van der Waals surface area contributed by atoms with Crippen molar-refractivity contribution in [3.05, 3.63) is 20.2 Å². The maximum Gasteiger partial charge on any atom is 0.512 e. The second-order valence-electron chi connectivity index (χ2n) is 2.44. The summed E-state index contributed by atoms with van der Waals surface area (Å²) in [6, 6.07) is 0. The van der Waals surface area contributed by atoms with E-state index in [2.05, 4.69) is 4.74 Å². The molecule has 80 valence electrons. The van der Waals surface area contributed by atoms with Gasteiger partial charge in [-0.1, -0.05) is 0 Å². The molecule has 0 aliphatic heterocycles. The Morgan fingerprint density at radius 2 is 1.86 bits per heavy atom. The fourth-order valence-electron chi connectivity index (χ4n) is 0.550. The molecule has 9 heteroatoms. The topological polar surface area (TPSA) is 133 Å². The molecule has 9 nitrogen and oxygen atoms in total. The number of carbonyl (C=O) groups excluding carboxylic acids is 1. The smallest absolute Gasteiger partial charge is 0.450 e. The molecule has 14 heavy (non-hydrogen) atoms. The standard InChI is InChI=1S/C5H8N2O7/c1-4(9)14-3-5(2-8,6(10)11)7(12)13/h8H,2-3H2,1H3. The summed E-state index contributed by atoms with van der Waals surface area (Å²) in [6.45, 7) is -1.50. The van der Waals surface area contributed by atoms with Crippen LogP contribution in [0.5, 0.6) is 0 Å². The van der Waals surface area contributed by atoms with E-state index in [1.807, 2.05) is 0 Å². The molecule has 0 aromatic carbocycles. The molecule has 0 spiro atoms. The average molecular weight is 208 g/mol. The second kappa shape index (κ2) is 4.46. The lowest BCUT2D eigenvalue weighted by molar-refractivity contribution is -0.799. The van der Waals surface area contributed by atoms with Gasteiger partial charge in [-0.2, -0.15) is 0 Å². The second-order valence-corrected chi connectivity index (χ2v) is 2.44. The summed E-state index contributed by atoms with van der Waals surface area (Å²) in [5.41, 5.74) is -2.87. The molecule has 0 aromatic rings. The molecule has 0 amide bonds. The van der Waals surface area contributed by atoms with Gasteiger partial charge in [-0.05, 0) is 0 Å². The largest absolute Gasteiger partial charge is 0.512 e. The van der Waals surface area contributed by atoms with Crippen LogP contribution in [0.1, 0.15) is 6.92 Å². The average Bonchev–Trinajstić information content (AvgIpc) is 2.04. The Kier molecular flexibility index (Phi) is 3.90. The third kappa shape index (κ3) is 2.36. The first kappa shape index (κ1) is 12.2. The summed E-state index contributed by atoms with van der Waals surface area (Å²) >= 11 is 0. The minimum Gasteiger partial charge on any atom is -0.450 e. The van der Waals surface area contributed by atoms with Crippen molar-refractivity contribution in [2.45, 2.75) is 12.6 Å². The fraction of sp³-hybridized carbons (Fsp3) is 0.800. The zero-order chi connectivity index (χ0) is 11.4. The molecule has 0 bridgehead atoms. The normalized spacial score (nSPS) is 10.7. The summed E-state index contributed by atoms with van der Waals surface area (Å²) in [5.74, 6) is -0.897. The van der Waals surface area contributed by atoms with Crippen LogP contribution in [0, 0.1) is 20.2 Å². The summed E-state index contributed by atoms with van der Waals surface area (Å²) in [6.07, 6.45) is 0. The van der Waals surface area contributed by atoms with Crippen LogP contribution in [0.3, 0.4) is 0 Å². The molecule has 0 radical (unpaired) electrons. The minimum atomic E-state index is -2.87. The van der Waals surface area contributed by atoms with Crippen molar-refractivity contribution in [2.24, 2.45) is 0 Å². The van der Waals surface area contributed by atoms with Crippen LogP contribution in [0.4, 0.5) is 0 Å². The minimum absolute atomic E-state index is 0.897. The molecule has 0 aliphatic rings. The highest BCUT2D eigenvalue weighted by molar-refractivity contribution is 5.65. The van der Waals surface area contributed by atoms with Crippen LogP contribution in [-0.4, -0.2) is 39.8 Å². The van der Waals surface area contributed by atoms with E-state index in [4.69, 9.17) is 5.11 Å². The highest BCUT2D eigenvalue weighted by Gasteiger charge is 2.57. The highest BCUT2D eigenvalue weighted by atomic mass is 16.7. The zero-order valence-corrected chi connectivity index (χ0v) is 7.21. The number of hydrogen-bond acceptors (Lipinski definition) is 7. The van der Waals surface area contributed by atoms with E-state index in [1.165, 1.54) is 0 Å². The molecule has 0 heterocycles. The van der Waals surface area contributed by atoms with Gasteiger partial charge in [-0.25, -0.2) is 0 Å². The van der Waals surface area contributed by atoms with Crippen molar-refractivity contribution in [1.29, 1.82) is 0 Å². The van der Waals surface area contributed by atoms with Gasteiger partial charge in [0, 0.05) is 6.92 Å². The maximum atomic E-state index is 10.3. The van der Waals surface area contributed by atoms with Gasteiger partial charge in [0.2, 0.25) is 6.61 Å². The summed E-state index contributed by atoms with van der Waals surface area (Å²) in [5, 5.41) is 29.2. The van der Waals surface area contributed by atoms with E-state index in [9.17, 15) is 25.0 Å². The van der Waals surface area contributed by atoms with Gasteiger partial charge < -0.3 is 9.84 Å². The van der Waals surface area contributed by atoms with Crippen molar-refractivity contribution in [1.82, 2.24) is 0 Å². The number of nitrogens with zero attached hydrogens (tertiary/aromatic N) is 2. The molecule has 0 saturated heterocycles. The van der Waals surface area contributed by atoms with Crippen molar-refractivity contribution < 1.29 is 24.5 Å². The monoisotopic (exact) mass is 208 g/mol. The van der Waals surface area contributed by atoms with Crippen molar-refractivity contribution >= 4 is 5.97 Å². The predicted molar refractivity (Wildman–Crippen MR) is 40.4 cm³/mol. The van der Waals surface area contributed by atoms with Crippen LogP contribution in [0.25, 0.3) is 0 Å². The van der Waals surface area contributed by atoms with E-state index in [0.29, 0.717) is 0 Å². The highest BCUT2D eigenvalue weighted by Crippen LogP contribution is 2.10. The molecule has 0 atom stereocenters. The summed E-state index contributed by atoms with van der Waals surface area (Å²) in [4.78, 5) is 28.3. The molecule has 0 unspecified atom stereocenters. The van der Waals surface area contributed by atoms with Crippen LogP contribution in [0.15, 0.2) is 0 Å². The third-order valence-electron chi connectivity index (χ3n) is 1.44. The fourth-order valence-corrected chi connectivity index (χ4v) is 0.550. The first-order valence-corrected chi connectivity index (χ1v) is 3.40. The molecule has 0 saturated carbocycles. The molecule has 0 fully saturated rings. The molecule has 1 N–H and O–H groups in total. The Labute approximate surface area is 77.6 Å². The van der Waals surface area contributed by atoms with Crippen molar-refractivity contribution in [3.63, 3.8) is 0 Å². The third-order valence-corrected chi connectivity index (χ3v) is 1.44. The Morgan fingerprint density at radius 1 is 1.43 bits per heavy atom. The van der Waals surface area contributed by atoms with E-state index >= 15 is 0 Å². The van der Waals surface area contributed by atoms with Crippen LogP contribution in [-0.2, 0) is 9.53 Å². The van der Waals surface area contributed by atoms with Gasteiger partial charge in [0.25, 0.3) is 0 Å². The van der Waals surface area contributed by atoms with E-state index in [0.717, 1.165) is 6.92 Å². The number of aliphatic hydroxyl groups is 1. The van der Waals surface area contributed by atoms with E-state index in [-0.39, 0.29) is 0 Å². The molecular formula is C5H8N2O7. The summed E-state index contributed by atoms with van der Waals surface area (Å²) in [7, 11) is 0. The first-order valence-electron chi connectivity index (χ1n) is 3.40. The SMILES string of the molecule is CC(=O)OCC(CO)([N+](=O)[O-])[N+](=O)[O-]. The summed E-state index contributed by atoms with van der Waals surface area (Å²) < 4.78 is 4.14. The first-order chi connectivity index (χ1) is 6.36. The lowest BCUT2D eigenvalue weighted by Crippen LogP contribution is -2.53. The predicted octanol–water partition coefficient (Wildman–Crippen LogP) is -1.21. The van der Waals surface area contributed by atoms with Crippen molar-refractivity contribution in [3.8, 4) is 0 Å². The van der Waals surface area contributed by atoms with Gasteiger partial charge in [0.15, 0.2) is 6.61 Å². The zero-order valence-electron chi connectivity index (χ0n) is 7.21. The Morgan fingerprint density at radius 3 is 2.07 bits per heavy atom. The number of rotatable bonds is 5. The lowest BCUT2D eigenvalue weighted by atomic mass is 10.2. The molecule has 0 rings (SSSR count). The van der Waals surface area contributed by atoms with Crippen molar-refractivity contribution in [2.75, 3.05) is 13.2 Å². The van der Waals surface area contributed by atoms with Gasteiger partial charge in [-0.15, -0.1) is 0 Å². The number of hydrogen-bond donors (Lipinski definition) is 1. The van der Waals surface area contributed by atoms with Crippen LogP contribution >= 0.6 is 0 Å². The lowest BCUT2D eigenvalue weighted by Gasteiger charge is -2.13. The number of nitro groups is 2. The Hall–Kier alpha value is -1.77. The number of carbonyl (C=O) groups is 1. The molecular weight excluding hydrogens is 200 g/mol. The number of ether oxygens (including phenoxy) is 1.